The molecule has 1 N–H and O–H groups in total. The Morgan fingerprint density at radius 3 is 2.92 bits per heavy atom. The third-order valence-electron chi connectivity index (χ3n) is 4.93. The van der Waals surface area contributed by atoms with E-state index in [0.717, 1.165) is 36.5 Å². The molecule has 1 aromatic heterocycles. The Kier molecular flexibility index (Phi) is 4.11. The molecule has 134 valence electrons. The van der Waals surface area contributed by atoms with Crippen LogP contribution in [0.15, 0.2) is 38.7 Å². The molecule has 6 nitrogen and oxygen atoms in total. The van der Waals surface area contributed by atoms with Crippen molar-refractivity contribution in [1.29, 1.82) is 0 Å². The van der Waals surface area contributed by atoms with Crippen molar-refractivity contribution in [2.75, 3.05) is 11.9 Å². The number of aliphatic imine (C=N–C) groups is 2. The van der Waals surface area contributed by atoms with E-state index in [-0.39, 0.29) is 11.9 Å². The zero-order valence-electron chi connectivity index (χ0n) is 15.2. The second-order valence-electron chi connectivity index (χ2n) is 6.59. The van der Waals surface area contributed by atoms with Crippen LogP contribution in [0.1, 0.15) is 47.5 Å². The summed E-state index contributed by atoms with van der Waals surface area (Å²) in [7, 11) is 0. The van der Waals surface area contributed by atoms with E-state index in [2.05, 4.69) is 24.2 Å². The number of nitrogens with zero attached hydrogens (tertiary/aromatic N) is 3. The van der Waals surface area contributed by atoms with Crippen LogP contribution in [0, 0.1) is 6.92 Å². The highest BCUT2D eigenvalue weighted by Crippen LogP contribution is 2.36. The third kappa shape index (κ3) is 2.62. The first-order valence-electron chi connectivity index (χ1n) is 9.04. The van der Waals surface area contributed by atoms with Crippen LogP contribution >= 0.6 is 0 Å². The van der Waals surface area contributed by atoms with E-state index < -0.39 is 0 Å². The molecular weight excluding hydrogens is 328 g/mol. The molecule has 4 rings (SSSR count). The lowest BCUT2D eigenvalue weighted by atomic mass is 10.1. The van der Waals surface area contributed by atoms with Gasteiger partial charge < -0.3 is 14.6 Å². The molecule has 0 bridgehead atoms. The molecule has 0 radical (unpaired) electrons. The fraction of sp³-hybridized carbons (Fsp3) is 0.350. The van der Waals surface area contributed by atoms with Crippen molar-refractivity contribution in [3.8, 4) is 0 Å². The number of carbonyl (C=O) groups is 1. The predicted molar refractivity (Wildman–Crippen MR) is 103 cm³/mol. The van der Waals surface area contributed by atoms with Crippen LogP contribution in [0.25, 0.3) is 0 Å². The third-order valence-corrected chi connectivity index (χ3v) is 4.93. The summed E-state index contributed by atoms with van der Waals surface area (Å²) < 4.78 is 5.76. The summed E-state index contributed by atoms with van der Waals surface area (Å²) in [5.74, 6) is 1.62. The van der Waals surface area contributed by atoms with Crippen molar-refractivity contribution in [3.05, 3.63) is 46.7 Å². The first-order valence-corrected chi connectivity index (χ1v) is 9.04. The minimum absolute atomic E-state index is 0.187. The number of para-hydroxylation sites is 1. The van der Waals surface area contributed by atoms with Gasteiger partial charge in [-0.1, -0.05) is 32.0 Å². The quantitative estimate of drug-likeness (QED) is 0.908. The van der Waals surface area contributed by atoms with Crippen molar-refractivity contribution >= 4 is 29.7 Å². The van der Waals surface area contributed by atoms with Gasteiger partial charge in [0.2, 0.25) is 5.88 Å². The second-order valence-corrected chi connectivity index (χ2v) is 6.59. The maximum Gasteiger partial charge on any atom is 0.260 e. The maximum atomic E-state index is 13.1. The average Bonchev–Trinajstić information content (AvgIpc) is 3.21. The topological polar surface area (TPSA) is 70.2 Å². The van der Waals surface area contributed by atoms with Crippen molar-refractivity contribution in [2.24, 2.45) is 9.98 Å². The Morgan fingerprint density at radius 1 is 1.35 bits per heavy atom. The molecule has 0 spiro atoms. The maximum absolute atomic E-state index is 13.1. The molecule has 1 unspecified atom stereocenters. The number of hydrogen-bond acceptors (Lipinski definition) is 5. The van der Waals surface area contributed by atoms with E-state index in [0.29, 0.717) is 22.8 Å². The first kappa shape index (κ1) is 16.6. The van der Waals surface area contributed by atoms with Gasteiger partial charge >= 0.3 is 0 Å². The van der Waals surface area contributed by atoms with Crippen LogP contribution in [0.3, 0.4) is 0 Å². The Balaban J connectivity index is 1.74. The molecular formula is C20H22N4O2. The number of rotatable bonds is 4. The number of fused-ring (bicyclic) bond motifs is 3. The van der Waals surface area contributed by atoms with E-state index in [4.69, 9.17) is 9.41 Å². The average molecular weight is 350 g/mol. The Hall–Kier alpha value is -2.89. The standard InChI is InChI=1S/C20H22N4O2/c1-4-13-8-6-7-9-15(13)23-19(25)16-12(3)26-20-17(16)18-22-14(5-2)10-24(18)11-21-20/h6-9,11,14H,4-5,10H2,1-3H3,(H,23,25). The van der Waals surface area contributed by atoms with Gasteiger partial charge in [0.15, 0.2) is 0 Å². The first-order chi connectivity index (χ1) is 12.6. The number of hydrogen-bond donors (Lipinski definition) is 1. The van der Waals surface area contributed by atoms with Crippen molar-refractivity contribution in [1.82, 2.24) is 4.90 Å². The highest BCUT2D eigenvalue weighted by molar-refractivity contribution is 6.19. The van der Waals surface area contributed by atoms with Gasteiger partial charge in [-0.25, -0.2) is 4.99 Å². The zero-order chi connectivity index (χ0) is 18.3. The predicted octanol–water partition coefficient (Wildman–Crippen LogP) is 3.92. The van der Waals surface area contributed by atoms with E-state index >= 15 is 0 Å². The minimum atomic E-state index is -0.187. The summed E-state index contributed by atoms with van der Waals surface area (Å²) in [5.41, 5.74) is 3.14. The number of amides is 1. The molecule has 0 aliphatic carbocycles. The number of carbonyl (C=O) groups excluding carboxylic acids is 1. The van der Waals surface area contributed by atoms with Gasteiger partial charge in [-0.05, 0) is 31.4 Å². The lowest BCUT2D eigenvalue weighted by Gasteiger charge is -2.19. The molecule has 0 saturated carbocycles. The summed E-state index contributed by atoms with van der Waals surface area (Å²) in [6.45, 7) is 6.77. The van der Waals surface area contributed by atoms with Gasteiger partial charge in [0.1, 0.15) is 17.9 Å². The summed E-state index contributed by atoms with van der Waals surface area (Å²) in [6.07, 6.45) is 3.54. The molecule has 0 saturated heterocycles. The normalized spacial score (nSPS) is 17.7. The van der Waals surface area contributed by atoms with Crippen LogP contribution in [-0.2, 0) is 6.42 Å². The largest absolute Gasteiger partial charge is 0.442 e. The lowest BCUT2D eigenvalue weighted by molar-refractivity contribution is 0.102. The van der Waals surface area contributed by atoms with E-state index in [1.807, 2.05) is 29.2 Å². The van der Waals surface area contributed by atoms with Crippen LogP contribution in [0.4, 0.5) is 11.6 Å². The summed E-state index contributed by atoms with van der Waals surface area (Å²) in [6, 6.07) is 8.06. The molecule has 2 aromatic rings. The molecule has 0 fully saturated rings. The van der Waals surface area contributed by atoms with Gasteiger partial charge in [0, 0.05) is 12.2 Å². The molecule has 3 heterocycles. The second kappa shape index (κ2) is 6.44. The van der Waals surface area contributed by atoms with Crippen molar-refractivity contribution in [2.45, 2.75) is 39.7 Å². The Bertz CT molecular complexity index is 926. The van der Waals surface area contributed by atoms with Crippen molar-refractivity contribution < 1.29 is 9.21 Å². The highest BCUT2D eigenvalue weighted by atomic mass is 16.4. The molecule has 2 aliphatic rings. The van der Waals surface area contributed by atoms with Crippen LogP contribution in [0.2, 0.25) is 0 Å². The molecule has 2 aliphatic heterocycles. The molecule has 6 heteroatoms. The number of benzene rings is 1. The van der Waals surface area contributed by atoms with Gasteiger partial charge in [0.05, 0.1) is 17.2 Å². The fourth-order valence-corrected chi connectivity index (χ4v) is 3.49. The van der Waals surface area contributed by atoms with Crippen molar-refractivity contribution in [3.63, 3.8) is 0 Å². The molecule has 1 aromatic carbocycles. The number of aryl methyl sites for hydroxylation is 2. The van der Waals surface area contributed by atoms with Gasteiger partial charge in [-0.2, -0.15) is 0 Å². The lowest BCUT2D eigenvalue weighted by Crippen LogP contribution is -2.31. The fourth-order valence-electron chi connectivity index (χ4n) is 3.49. The van der Waals surface area contributed by atoms with Gasteiger partial charge in [0.25, 0.3) is 5.91 Å². The Morgan fingerprint density at radius 2 is 2.15 bits per heavy atom. The SMILES string of the molecule is CCc1ccccc1NC(=O)c1c(C)oc2c1C1=NC(CC)CN1C=N2. The van der Waals surface area contributed by atoms with E-state index in [1.165, 1.54) is 0 Å². The zero-order valence-corrected chi connectivity index (χ0v) is 15.2. The molecule has 26 heavy (non-hydrogen) atoms. The summed E-state index contributed by atoms with van der Waals surface area (Å²) >= 11 is 0. The summed E-state index contributed by atoms with van der Waals surface area (Å²) in [5, 5.41) is 3.04. The highest BCUT2D eigenvalue weighted by Gasteiger charge is 2.35. The Labute approximate surface area is 152 Å². The smallest absolute Gasteiger partial charge is 0.260 e. The van der Waals surface area contributed by atoms with Gasteiger partial charge in [-0.15, -0.1) is 0 Å². The van der Waals surface area contributed by atoms with Crippen LogP contribution in [0.5, 0.6) is 0 Å². The van der Waals surface area contributed by atoms with E-state index in [9.17, 15) is 4.79 Å². The number of nitrogens with one attached hydrogen (secondary N) is 1. The van der Waals surface area contributed by atoms with Crippen LogP contribution in [-0.4, -0.2) is 35.6 Å². The van der Waals surface area contributed by atoms with Crippen LogP contribution < -0.4 is 5.32 Å². The summed E-state index contributed by atoms with van der Waals surface area (Å²) in [4.78, 5) is 24.2. The number of amidine groups is 1. The van der Waals surface area contributed by atoms with E-state index in [1.54, 1.807) is 13.3 Å². The molecule has 1 atom stereocenters. The monoisotopic (exact) mass is 350 g/mol. The number of furan rings is 1. The minimum Gasteiger partial charge on any atom is -0.442 e. The number of anilines is 1. The van der Waals surface area contributed by atoms with Gasteiger partial charge in [-0.3, -0.25) is 9.79 Å². The molecule has 1 amide bonds.